The van der Waals surface area contributed by atoms with Gasteiger partial charge in [0.15, 0.2) is 5.16 Å². The maximum absolute atomic E-state index is 12.9. The highest BCUT2D eigenvalue weighted by Crippen LogP contribution is 2.37. The second-order valence-corrected chi connectivity index (χ2v) is 9.37. The van der Waals surface area contributed by atoms with E-state index in [0.717, 1.165) is 33.8 Å². The van der Waals surface area contributed by atoms with E-state index in [-0.39, 0.29) is 5.91 Å². The van der Waals surface area contributed by atoms with Crippen molar-refractivity contribution in [3.8, 4) is 0 Å². The molecule has 0 spiro atoms. The molecule has 0 radical (unpaired) electrons. The summed E-state index contributed by atoms with van der Waals surface area (Å²) in [6.45, 7) is 2.94. The molecular formula is C18H18N4OS3. The quantitative estimate of drug-likeness (QED) is 0.521. The van der Waals surface area contributed by atoms with Crippen LogP contribution < -0.4 is 10.6 Å². The summed E-state index contributed by atoms with van der Waals surface area (Å²) in [5, 5.41) is 3.86. The number of para-hydroxylation sites is 1. The summed E-state index contributed by atoms with van der Waals surface area (Å²) in [6.07, 6.45) is 0.973. The number of thioether (sulfide) groups is 2. The first-order valence-electron chi connectivity index (χ1n) is 8.31. The molecule has 3 aromatic rings. The van der Waals surface area contributed by atoms with Gasteiger partial charge in [-0.05, 0) is 30.0 Å². The van der Waals surface area contributed by atoms with Crippen LogP contribution in [0.5, 0.6) is 0 Å². The maximum Gasteiger partial charge on any atom is 0.237 e. The topological polar surface area (TPSA) is 72.1 Å². The molecule has 1 aliphatic rings. The van der Waals surface area contributed by atoms with E-state index in [1.54, 1.807) is 0 Å². The van der Waals surface area contributed by atoms with Gasteiger partial charge in [-0.1, -0.05) is 30.8 Å². The van der Waals surface area contributed by atoms with E-state index in [2.05, 4.69) is 23.0 Å². The minimum Gasteiger partial charge on any atom is -0.383 e. The number of benzene rings is 1. The molecule has 0 saturated carbocycles. The number of rotatable bonds is 3. The third-order valence-electron chi connectivity index (χ3n) is 4.20. The van der Waals surface area contributed by atoms with Gasteiger partial charge in [-0.2, -0.15) is 0 Å². The van der Waals surface area contributed by atoms with Gasteiger partial charge in [0.1, 0.15) is 10.6 Å². The Kier molecular flexibility index (Phi) is 5.06. The average Bonchev–Trinajstić information content (AvgIpc) is 3.03. The van der Waals surface area contributed by atoms with Crippen LogP contribution in [0.4, 0.5) is 11.5 Å². The second-order valence-electron chi connectivity index (χ2n) is 6.05. The number of carbonyl (C=O) groups is 1. The molecule has 5 nitrogen and oxygen atoms in total. The van der Waals surface area contributed by atoms with Crippen LogP contribution in [-0.4, -0.2) is 33.4 Å². The molecule has 1 atom stereocenters. The predicted molar refractivity (Wildman–Crippen MR) is 111 cm³/mol. The van der Waals surface area contributed by atoms with Crippen molar-refractivity contribution < 1.29 is 4.79 Å². The fourth-order valence-electron chi connectivity index (χ4n) is 2.87. The van der Waals surface area contributed by atoms with Crippen LogP contribution in [0.1, 0.15) is 13.3 Å². The van der Waals surface area contributed by atoms with Crippen LogP contribution in [0.2, 0.25) is 0 Å². The Morgan fingerprint density at radius 2 is 2.19 bits per heavy atom. The van der Waals surface area contributed by atoms with E-state index < -0.39 is 0 Å². The third kappa shape index (κ3) is 3.54. The Bertz CT molecular complexity index is 959. The van der Waals surface area contributed by atoms with Crippen molar-refractivity contribution >= 4 is 62.5 Å². The Labute approximate surface area is 164 Å². The molecule has 134 valence electrons. The van der Waals surface area contributed by atoms with Crippen molar-refractivity contribution in [1.82, 2.24) is 9.97 Å². The number of carbonyl (C=O) groups excluding carboxylic acids is 1. The monoisotopic (exact) mass is 402 g/mol. The highest BCUT2D eigenvalue weighted by Gasteiger charge is 2.24. The molecule has 0 saturated heterocycles. The smallest absolute Gasteiger partial charge is 0.237 e. The van der Waals surface area contributed by atoms with Crippen molar-refractivity contribution in [3.63, 3.8) is 0 Å². The summed E-state index contributed by atoms with van der Waals surface area (Å²) in [5.74, 6) is 0.839. The summed E-state index contributed by atoms with van der Waals surface area (Å²) < 4.78 is 0. The lowest BCUT2D eigenvalue weighted by Gasteiger charge is -2.22. The molecule has 0 bridgehead atoms. The summed E-state index contributed by atoms with van der Waals surface area (Å²) in [5.41, 5.74) is 7.00. The number of fused-ring (bicyclic) bond motifs is 2. The van der Waals surface area contributed by atoms with E-state index in [1.165, 1.54) is 23.1 Å². The van der Waals surface area contributed by atoms with Gasteiger partial charge >= 0.3 is 0 Å². The van der Waals surface area contributed by atoms with E-state index in [0.29, 0.717) is 22.0 Å². The van der Waals surface area contributed by atoms with Gasteiger partial charge in [0.2, 0.25) is 5.91 Å². The fraction of sp³-hybridized carbons (Fsp3) is 0.278. The van der Waals surface area contributed by atoms with Crippen molar-refractivity contribution in [2.45, 2.75) is 28.6 Å². The summed E-state index contributed by atoms with van der Waals surface area (Å²) in [4.78, 5) is 25.7. The number of amides is 1. The molecule has 1 amide bonds. The molecule has 8 heteroatoms. The van der Waals surface area contributed by atoms with Crippen LogP contribution in [0.25, 0.3) is 10.2 Å². The minimum absolute atomic E-state index is 0.0746. The number of nitrogens with zero attached hydrogens (tertiary/aromatic N) is 3. The summed E-state index contributed by atoms with van der Waals surface area (Å²) >= 11 is 4.70. The molecule has 2 N–H and O–H groups in total. The van der Waals surface area contributed by atoms with E-state index in [9.17, 15) is 4.79 Å². The van der Waals surface area contributed by atoms with Crippen molar-refractivity contribution in [2.24, 2.45) is 0 Å². The van der Waals surface area contributed by atoms with Crippen molar-refractivity contribution in [2.75, 3.05) is 22.9 Å². The van der Waals surface area contributed by atoms with Crippen molar-refractivity contribution in [3.05, 3.63) is 35.7 Å². The Hall–Kier alpha value is -1.77. The lowest BCUT2D eigenvalue weighted by atomic mass is 10.2. The zero-order valence-corrected chi connectivity index (χ0v) is 16.7. The first-order valence-corrected chi connectivity index (χ1v) is 11.1. The zero-order chi connectivity index (χ0) is 18.1. The van der Waals surface area contributed by atoms with Gasteiger partial charge in [-0.15, -0.1) is 23.1 Å². The van der Waals surface area contributed by atoms with Crippen molar-refractivity contribution in [1.29, 1.82) is 0 Å². The predicted octanol–water partition coefficient (Wildman–Crippen LogP) is 4.28. The Morgan fingerprint density at radius 3 is 3.08 bits per heavy atom. The highest BCUT2D eigenvalue weighted by molar-refractivity contribution is 8.00. The number of nitrogens with two attached hydrogens (primary N) is 1. The first kappa shape index (κ1) is 17.6. The average molecular weight is 403 g/mol. The number of hydrogen-bond acceptors (Lipinski definition) is 7. The molecular weight excluding hydrogens is 384 g/mol. The number of thiophene rings is 1. The van der Waals surface area contributed by atoms with Crippen LogP contribution in [0.15, 0.2) is 45.8 Å². The minimum atomic E-state index is 0.0746. The third-order valence-corrected chi connectivity index (χ3v) is 7.08. The number of hydrogen-bond donors (Lipinski definition) is 1. The number of aromatic nitrogens is 2. The first-order chi connectivity index (χ1) is 12.6. The lowest BCUT2D eigenvalue weighted by Crippen LogP contribution is -2.33. The summed E-state index contributed by atoms with van der Waals surface area (Å²) in [6, 6.07) is 10.0. The van der Waals surface area contributed by atoms with Gasteiger partial charge in [0, 0.05) is 16.7 Å². The standard InChI is InChI=1S/C18H18N4OS3/c1-11-6-8-22(13-4-2-3-5-14(13)26-11)15(23)10-25-18-20-16(19)12-7-9-24-17(12)21-18/h2-5,7,9,11H,6,8,10H2,1H3,(H2,19,20,21)/t11-/m0/s1. The van der Waals surface area contributed by atoms with Gasteiger partial charge in [0.25, 0.3) is 0 Å². The lowest BCUT2D eigenvalue weighted by molar-refractivity contribution is -0.116. The highest BCUT2D eigenvalue weighted by atomic mass is 32.2. The molecule has 1 aromatic carbocycles. The van der Waals surface area contributed by atoms with E-state index in [1.807, 2.05) is 46.3 Å². The Balaban J connectivity index is 1.52. The van der Waals surface area contributed by atoms with Gasteiger partial charge in [-0.3, -0.25) is 4.79 Å². The largest absolute Gasteiger partial charge is 0.383 e. The molecule has 2 aromatic heterocycles. The molecule has 1 aliphatic heterocycles. The Morgan fingerprint density at radius 1 is 1.35 bits per heavy atom. The number of nitrogen functional groups attached to an aromatic ring is 1. The summed E-state index contributed by atoms with van der Waals surface area (Å²) in [7, 11) is 0. The number of anilines is 2. The van der Waals surface area contributed by atoms with Gasteiger partial charge in [-0.25, -0.2) is 9.97 Å². The normalized spacial score (nSPS) is 17.1. The van der Waals surface area contributed by atoms with Crippen LogP contribution in [0.3, 0.4) is 0 Å². The fourth-order valence-corrected chi connectivity index (χ4v) is 5.54. The molecule has 4 rings (SSSR count). The van der Waals surface area contributed by atoms with E-state index >= 15 is 0 Å². The van der Waals surface area contributed by atoms with Gasteiger partial charge < -0.3 is 10.6 Å². The molecule has 26 heavy (non-hydrogen) atoms. The second kappa shape index (κ2) is 7.46. The van der Waals surface area contributed by atoms with Gasteiger partial charge in [0.05, 0.1) is 16.8 Å². The molecule has 0 aliphatic carbocycles. The van der Waals surface area contributed by atoms with Crippen LogP contribution >= 0.6 is 34.9 Å². The van der Waals surface area contributed by atoms with Crippen LogP contribution in [-0.2, 0) is 4.79 Å². The zero-order valence-electron chi connectivity index (χ0n) is 14.2. The molecule has 0 unspecified atom stereocenters. The SMILES string of the molecule is C[C@H]1CCN(C(=O)CSc2nc(N)c3ccsc3n2)c2ccccc2S1. The molecule has 3 heterocycles. The molecule has 0 fully saturated rings. The maximum atomic E-state index is 12.9. The van der Waals surface area contributed by atoms with E-state index in [4.69, 9.17) is 5.73 Å². The van der Waals surface area contributed by atoms with Crippen LogP contribution in [0, 0.1) is 0 Å².